The number of amides is 1. The van der Waals surface area contributed by atoms with Crippen molar-refractivity contribution in [2.24, 2.45) is 5.10 Å². The van der Waals surface area contributed by atoms with Gasteiger partial charge in [0.05, 0.1) is 30.8 Å². The zero-order valence-corrected chi connectivity index (χ0v) is 18.1. The maximum Gasteiger partial charge on any atom is 0.270 e. The highest BCUT2D eigenvalue weighted by Gasteiger charge is 2.17. The molecule has 8 nitrogen and oxygen atoms in total. The van der Waals surface area contributed by atoms with Crippen LogP contribution in [-0.4, -0.2) is 43.3 Å². The van der Waals surface area contributed by atoms with Crippen molar-refractivity contribution in [3.63, 3.8) is 0 Å². The van der Waals surface area contributed by atoms with Gasteiger partial charge in [-0.15, -0.1) is 0 Å². The predicted octanol–water partition coefficient (Wildman–Crippen LogP) is 3.42. The Kier molecular flexibility index (Phi) is 7.02. The van der Waals surface area contributed by atoms with Crippen molar-refractivity contribution in [2.75, 3.05) is 31.2 Å². The Bertz CT molecular complexity index is 959. The molecule has 8 heteroatoms. The molecule has 1 saturated heterocycles. The lowest BCUT2D eigenvalue weighted by molar-refractivity contribution is -0.384. The minimum Gasteiger partial charge on any atom is -0.378 e. The quantitative estimate of drug-likeness (QED) is 0.435. The molecule has 0 aliphatic carbocycles. The normalized spacial score (nSPS) is 14.6. The van der Waals surface area contributed by atoms with Crippen molar-refractivity contribution >= 4 is 23.5 Å². The maximum atomic E-state index is 12.3. The summed E-state index contributed by atoms with van der Waals surface area (Å²) in [5, 5.41) is 15.2. The number of non-ortho nitro benzene ring substituents is 1. The molecule has 1 heterocycles. The first-order chi connectivity index (χ1) is 14.7. The van der Waals surface area contributed by atoms with Crippen LogP contribution in [-0.2, 0) is 21.4 Å². The molecule has 1 aliphatic rings. The number of rotatable bonds is 6. The summed E-state index contributed by atoms with van der Waals surface area (Å²) < 4.78 is 5.38. The molecule has 1 fully saturated rings. The number of carbonyl (C=O) groups is 1. The average molecular weight is 425 g/mol. The Labute approximate surface area is 182 Å². The number of hydrogen-bond donors (Lipinski definition) is 1. The molecule has 0 spiro atoms. The number of hydrazone groups is 1. The van der Waals surface area contributed by atoms with Crippen LogP contribution in [0.3, 0.4) is 0 Å². The Morgan fingerprint density at radius 3 is 2.48 bits per heavy atom. The van der Waals surface area contributed by atoms with Crippen molar-refractivity contribution in [1.82, 2.24) is 5.43 Å². The lowest BCUT2D eigenvalue weighted by Crippen LogP contribution is -2.36. The zero-order chi connectivity index (χ0) is 22.4. The largest absolute Gasteiger partial charge is 0.378 e. The number of hydrogen-bond acceptors (Lipinski definition) is 6. The highest BCUT2D eigenvalue weighted by Crippen LogP contribution is 2.25. The molecule has 0 unspecified atom stereocenters. The molecular weight excluding hydrogens is 396 g/mol. The number of ether oxygens (including phenoxy) is 1. The third kappa shape index (κ3) is 6.11. The summed E-state index contributed by atoms with van der Waals surface area (Å²) in [4.78, 5) is 25.1. The van der Waals surface area contributed by atoms with Gasteiger partial charge in [0, 0.05) is 36.5 Å². The molecule has 1 aliphatic heterocycles. The fourth-order valence-corrected chi connectivity index (χ4v) is 3.37. The van der Waals surface area contributed by atoms with Gasteiger partial charge in [-0.25, -0.2) is 5.43 Å². The van der Waals surface area contributed by atoms with Crippen LogP contribution in [0.4, 0.5) is 11.4 Å². The van der Waals surface area contributed by atoms with Crippen LogP contribution >= 0.6 is 0 Å². The van der Waals surface area contributed by atoms with E-state index in [-0.39, 0.29) is 23.4 Å². The Balaban J connectivity index is 1.68. The second-order valence-electron chi connectivity index (χ2n) is 8.52. The minimum atomic E-state index is -0.444. The fraction of sp³-hybridized carbons (Fsp3) is 0.391. The van der Waals surface area contributed by atoms with E-state index in [4.69, 9.17) is 4.74 Å². The van der Waals surface area contributed by atoms with Gasteiger partial charge in [-0.1, -0.05) is 45.0 Å². The van der Waals surface area contributed by atoms with Crippen molar-refractivity contribution in [3.05, 3.63) is 69.3 Å². The predicted molar refractivity (Wildman–Crippen MR) is 121 cm³/mol. The monoisotopic (exact) mass is 424 g/mol. The first-order valence-electron chi connectivity index (χ1n) is 10.3. The second kappa shape index (κ2) is 9.70. The highest BCUT2D eigenvalue weighted by molar-refractivity contribution is 5.90. The summed E-state index contributed by atoms with van der Waals surface area (Å²) in [5.74, 6) is -0.252. The topological polar surface area (TPSA) is 97.1 Å². The van der Waals surface area contributed by atoms with Gasteiger partial charge >= 0.3 is 0 Å². The van der Waals surface area contributed by atoms with E-state index in [9.17, 15) is 14.9 Å². The third-order valence-corrected chi connectivity index (χ3v) is 5.15. The summed E-state index contributed by atoms with van der Waals surface area (Å²) in [7, 11) is 0. The van der Waals surface area contributed by atoms with E-state index in [1.54, 1.807) is 6.07 Å². The standard InChI is InChI=1S/C23H28N4O4/c1-23(2,3)19-6-4-17(5-7-19)14-22(28)25-24-16-18-15-20(27(29)30)8-9-21(18)26-10-12-31-13-11-26/h4-9,15-16H,10-14H2,1-3H3,(H,25,28)/b24-16-. The van der Waals surface area contributed by atoms with Crippen molar-refractivity contribution < 1.29 is 14.5 Å². The lowest BCUT2D eigenvalue weighted by atomic mass is 9.86. The summed E-state index contributed by atoms with van der Waals surface area (Å²) in [6.45, 7) is 9.00. The summed E-state index contributed by atoms with van der Waals surface area (Å²) in [5.41, 5.74) is 6.05. The fourth-order valence-electron chi connectivity index (χ4n) is 3.37. The molecule has 2 aromatic carbocycles. The van der Waals surface area contributed by atoms with Crippen LogP contribution in [0.2, 0.25) is 0 Å². The number of nitro benzene ring substituents is 1. The van der Waals surface area contributed by atoms with Crippen LogP contribution in [0, 0.1) is 10.1 Å². The van der Waals surface area contributed by atoms with E-state index in [1.807, 2.05) is 24.3 Å². The Hall–Kier alpha value is -3.26. The van der Waals surface area contributed by atoms with E-state index in [1.165, 1.54) is 23.9 Å². The number of nitrogens with one attached hydrogen (secondary N) is 1. The van der Waals surface area contributed by atoms with Gasteiger partial charge in [0.25, 0.3) is 5.69 Å². The molecule has 1 amide bonds. The average Bonchev–Trinajstić information content (AvgIpc) is 2.74. The lowest BCUT2D eigenvalue weighted by Gasteiger charge is -2.29. The molecule has 31 heavy (non-hydrogen) atoms. The summed E-state index contributed by atoms with van der Waals surface area (Å²) in [6, 6.07) is 12.6. The highest BCUT2D eigenvalue weighted by atomic mass is 16.6. The third-order valence-electron chi connectivity index (χ3n) is 5.15. The minimum absolute atomic E-state index is 0.0243. The number of anilines is 1. The van der Waals surface area contributed by atoms with Crippen LogP contribution in [0.5, 0.6) is 0 Å². The molecule has 3 rings (SSSR count). The van der Waals surface area contributed by atoms with E-state index in [0.29, 0.717) is 31.9 Å². The van der Waals surface area contributed by atoms with E-state index in [0.717, 1.165) is 11.3 Å². The van der Waals surface area contributed by atoms with Crippen molar-refractivity contribution in [3.8, 4) is 0 Å². The molecule has 0 aromatic heterocycles. The molecule has 0 bridgehead atoms. The van der Waals surface area contributed by atoms with E-state index < -0.39 is 4.92 Å². The second-order valence-corrected chi connectivity index (χ2v) is 8.52. The molecule has 2 aromatic rings. The van der Waals surface area contributed by atoms with Crippen molar-refractivity contribution in [1.29, 1.82) is 0 Å². The smallest absolute Gasteiger partial charge is 0.270 e. The van der Waals surface area contributed by atoms with Gasteiger partial charge in [-0.2, -0.15) is 5.10 Å². The molecular formula is C23H28N4O4. The van der Waals surface area contributed by atoms with Gasteiger partial charge in [-0.3, -0.25) is 14.9 Å². The first kappa shape index (κ1) is 22.4. The number of benzene rings is 2. The number of nitrogens with zero attached hydrogens (tertiary/aromatic N) is 3. The molecule has 0 atom stereocenters. The van der Waals surface area contributed by atoms with Gasteiger partial charge in [-0.05, 0) is 22.6 Å². The molecule has 1 N–H and O–H groups in total. The number of carbonyl (C=O) groups excluding carboxylic acids is 1. The Morgan fingerprint density at radius 1 is 1.19 bits per heavy atom. The van der Waals surface area contributed by atoms with Crippen molar-refractivity contribution in [2.45, 2.75) is 32.6 Å². The first-order valence-corrected chi connectivity index (χ1v) is 10.3. The summed E-state index contributed by atoms with van der Waals surface area (Å²) >= 11 is 0. The maximum absolute atomic E-state index is 12.3. The van der Waals surface area contributed by atoms with E-state index >= 15 is 0 Å². The van der Waals surface area contributed by atoms with E-state index in [2.05, 4.69) is 36.2 Å². The van der Waals surface area contributed by atoms with Crippen LogP contribution in [0.15, 0.2) is 47.6 Å². The van der Waals surface area contributed by atoms with Gasteiger partial charge < -0.3 is 9.64 Å². The number of nitro groups is 1. The molecule has 0 radical (unpaired) electrons. The van der Waals surface area contributed by atoms with Gasteiger partial charge in [0.2, 0.25) is 5.91 Å². The molecule has 0 saturated carbocycles. The zero-order valence-electron chi connectivity index (χ0n) is 18.1. The van der Waals surface area contributed by atoms with Gasteiger partial charge in [0.15, 0.2) is 0 Å². The SMILES string of the molecule is CC(C)(C)c1ccc(CC(=O)N/N=C\c2cc([N+](=O)[O-])ccc2N2CCOCC2)cc1. The van der Waals surface area contributed by atoms with Gasteiger partial charge in [0.1, 0.15) is 0 Å². The summed E-state index contributed by atoms with van der Waals surface area (Å²) in [6.07, 6.45) is 1.66. The van der Waals surface area contributed by atoms with Crippen LogP contribution in [0.1, 0.15) is 37.5 Å². The van der Waals surface area contributed by atoms with Crippen LogP contribution < -0.4 is 10.3 Å². The number of morpholine rings is 1. The Morgan fingerprint density at radius 2 is 1.87 bits per heavy atom. The molecule has 164 valence electrons. The van der Waals surface area contributed by atoms with Crippen LogP contribution in [0.25, 0.3) is 0 Å².